The minimum absolute atomic E-state index is 0.0373. The summed E-state index contributed by atoms with van der Waals surface area (Å²) in [6.07, 6.45) is 23.9. The Kier molecular flexibility index (Phi) is 7.99. The second kappa shape index (κ2) is 11.9. The van der Waals surface area contributed by atoms with Crippen LogP contribution in [0.4, 0.5) is 0 Å². The number of piperidine rings is 1. The SMILES string of the molecule is ON1CCC2=c3ccccc3=NC2=C1C1=C[C@@]2(O)CC/C=C\CCCCN3CC[C@@H]1[C@]1(CC/C=C\CCCCN[C@H]12)C3. The average molecular weight is 569 g/mol. The predicted molar refractivity (Wildman–Crippen MR) is 167 cm³/mol. The van der Waals surface area contributed by atoms with E-state index in [4.69, 9.17) is 4.99 Å². The van der Waals surface area contributed by atoms with Crippen LogP contribution in [0, 0.1) is 11.3 Å². The Hall–Kier alpha value is -2.51. The quantitative estimate of drug-likeness (QED) is 0.427. The predicted octanol–water partition coefficient (Wildman–Crippen LogP) is 4.76. The van der Waals surface area contributed by atoms with Crippen LogP contribution in [0.25, 0.3) is 5.57 Å². The molecule has 1 aliphatic carbocycles. The summed E-state index contributed by atoms with van der Waals surface area (Å²) in [4.78, 5) is 7.84. The molecular weight excluding hydrogens is 520 g/mol. The van der Waals surface area contributed by atoms with E-state index in [2.05, 4.69) is 58.8 Å². The van der Waals surface area contributed by atoms with Gasteiger partial charge in [0.1, 0.15) is 0 Å². The van der Waals surface area contributed by atoms with Gasteiger partial charge in [-0.25, -0.2) is 4.99 Å². The molecule has 1 aromatic carbocycles. The summed E-state index contributed by atoms with van der Waals surface area (Å²) in [6, 6.07) is 8.35. The number of allylic oxidation sites excluding steroid dienone is 6. The zero-order valence-electron chi connectivity index (χ0n) is 25.1. The molecular formula is C36H48N4O2. The first-order chi connectivity index (χ1) is 20.6. The lowest BCUT2D eigenvalue weighted by atomic mass is 9.53. The van der Waals surface area contributed by atoms with E-state index in [1.165, 1.54) is 35.1 Å². The second-order valence-corrected chi connectivity index (χ2v) is 13.5. The van der Waals surface area contributed by atoms with Gasteiger partial charge in [0.2, 0.25) is 0 Å². The number of nitrogens with one attached hydrogen (secondary N) is 1. The fourth-order valence-corrected chi connectivity index (χ4v) is 9.03. The van der Waals surface area contributed by atoms with Gasteiger partial charge in [-0.15, -0.1) is 0 Å². The van der Waals surface area contributed by atoms with Crippen LogP contribution in [-0.4, -0.2) is 64.6 Å². The van der Waals surface area contributed by atoms with Crippen molar-refractivity contribution in [3.63, 3.8) is 0 Å². The molecule has 5 atom stereocenters. The van der Waals surface area contributed by atoms with Crippen molar-refractivity contribution >= 4 is 5.57 Å². The van der Waals surface area contributed by atoms with Gasteiger partial charge < -0.3 is 15.3 Å². The molecule has 1 saturated heterocycles. The topological polar surface area (TPSA) is 71.3 Å². The maximum Gasteiger partial charge on any atom is 0.0995 e. The summed E-state index contributed by atoms with van der Waals surface area (Å²) >= 11 is 0. The van der Waals surface area contributed by atoms with Crippen LogP contribution in [0.1, 0.15) is 77.0 Å². The Morgan fingerprint density at radius 1 is 0.881 bits per heavy atom. The molecule has 5 aliphatic heterocycles. The first-order valence-electron chi connectivity index (χ1n) is 16.7. The van der Waals surface area contributed by atoms with Gasteiger partial charge in [0.25, 0.3) is 0 Å². The van der Waals surface area contributed by atoms with E-state index >= 15 is 0 Å². The summed E-state index contributed by atoms with van der Waals surface area (Å²) in [6.45, 7) is 4.63. The van der Waals surface area contributed by atoms with E-state index in [1.54, 1.807) is 0 Å². The van der Waals surface area contributed by atoms with Crippen molar-refractivity contribution < 1.29 is 10.3 Å². The van der Waals surface area contributed by atoms with Crippen molar-refractivity contribution in [3.05, 3.63) is 82.2 Å². The van der Waals surface area contributed by atoms with Crippen molar-refractivity contribution in [1.82, 2.24) is 15.3 Å². The summed E-state index contributed by atoms with van der Waals surface area (Å²) in [5.74, 6) is 0.233. The van der Waals surface area contributed by atoms with E-state index in [1.807, 2.05) is 6.07 Å². The maximum absolute atomic E-state index is 13.0. The van der Waals surface area contributed by atoms with Crippen LogP contribution in [0.2, 0.25) is 0 Å². The number of hydroxylamine groups is 2. The van der Waals surface area contributed by atoms with Gasteiger partial charge in [-0.3, -0.25) is 10.3 Å². The molecule has 224 valence electrons. The first-order valence-corrected chi connectivity index (χ1v) is 16.7. The number of nitrogens with zero attached hydrogens (tertiary/aromatic N) is 3. The van der Waals surface area contributed by atoms with Crippen molar-refractivity contribution in [2.75, 3.05) is 32.7 Å². The highest BCUT2D eigenvalue weighted by molar-refractivity contribution is 5.71. The highest BCUT2D eigenvalue weighted by atomic mass is 16.5. The number of aliphatic hydroxyl groups is 1. The Labute approximate surface area is 250 Å². The highest BCUT2D eigenvalue weighted by Gasteiger charge is 2.59. The van der Waals surface area contributed by atoms with Crippen LogP contribution in [0.15, 0.2) is 76.6 Å². The lowest BCUT2D eigenvalue weighted by molar-refractivity contribution is -0.0958. The largest absolute Gasteiger partial charge is 0.384 e. The Bertz CT molecular complexity index is 1430. The molecule has 3 N–H and O–H groups in total. The number of hydrogen-bond donors (Lipinski definition) is 3. The third-order valence-electron chi connectivity index (χ3n) is 10.9. The highest BCUT2D eigenvalue weighted by Crippen LogP contribution is 2.56. The number of benzene rings is 1. The fraction of sp³-hybridized carbons (Fsp3) is 0.583. The lowest BCUT2D eigenvalue weighted by Gasteiger charge is -2.60. The summed E-state index contributed by atoms with van der Waals surface area (Å²) in [7, 11) is 0. The van der Waals surface area contributed by atoms with Crippen LogP contribution >= 0.6 is 0 Å². The minimum atomic E-state index is -1.03. The number of fused-ring (bicyclic) bond motifs is 3. The molecule has 6 heteroatoms. The van der Waals surface area contributed by atoms with Gasteiger partial charge >= 0.3 is 0 Å². The summed E-state index contributed by atoms with van der Waals surface area (Å²) in [5, 5.41) is 32.2. The standard InChI is InChI=1S/C36H48N4O2/c41-36-20-12-6-2-4-8-14-22-39-23-18-30(35(26-39)19-11-5-1-3-7-13-21-37-34(35)36)29(25-36)33-32-28(17-24-40(33)42)27-15-9-10-16-31(27)38-32/h1-2,5-6,9-10,15-16,25,30,34,37,41-42H,3-4,7-8,11-14,17-24,26H2/b5-1-,6-2-/t30-,34+,35-,36-/m0/s1. The molecule has 1 aromatic rings. The third kappa shape index (κ3) is 5.04. The van der Waals surface area contributed by atoms with Crippen molar-refractivity contribution in [1.29, 1.82) is 0 Å². The first kappa shape index (κ1) is 28.3. The van der Waals surface area contributed by atoms with Crippen molar-refractivity contribution in [2.45, 2.75) is 88.7 Å². The van der Waals surface area contributed by atoms with E-state index in [0.29, 0.717) is 13.0 Å². The average Bonchev–Trinajstić information content (AvgIpc) is 3.34. The van der Waals surface area contributed by atoms with E-state index in [9.17, 15) is 10.3 Å². The smallest absolute Gasteiger partial charge is 0.0995 e. The Morgan fingerprint density at radius 3 is 2.55 bits per heavy atom. The molecule has 1 fully saturated rings. The molecule has 42 heavy (non-hydrogen) atoms. The van der Waals surface area contributed by atoms with Crippen molar-refractivity contribution in [3.8, 4) is 0 Å². The van der Waals surface area contributed by atoms with Gasteiger partial charge in [-0.1, -0.05) is 42.5 Å². The van der Waals surface area contributed by atoms with E-state index in [0.717, 1.165) is 99.9 Å². The molecule has 0 amide bonds. The number of para-hydroxylation sites is 1. The van der Waals surface area contributed by atoms with Crippen LogP contribution in [0.3, 0.4) is 0 Å². The molecule has 3 bridgehead atoms. The summed E-state index contributed by atoms with van der Waals surface area (Å²) in [5.41, 5.74) is 2.94. The molecule has 1 spiro atoms. The molecule has 5 heterocycles. The Morgan fingerprint density at radius 2 is 1.67 bits per heavy atom. The van der Waals surface area contributed by atoms with Crippen LogP contribution < -0.4 is 15.9 Å². The van der Waals surface area contributed by atoms with Gasteiger partial charge in [0.15, 0.2) is 0 Å². The molecule has 0 radical (unpaired) electrons. The van der Waals surface area contributed by atoms with Gasteiger partial charge in [0, 0.05) is 29.8 Å². The number of hydrogen-bond acceptors (Lipinski definition) is 6. The molecule has 0 saturated carbocycles. The maximum atomic E-state index is 13.0. The molecule has 7 rings (SSSR count). The molecule has 6 aliphatic rings. The zero-order valence-corrected chi connectivity index (χ0v) is 25.1. The monoisotopic (exact) mass is 568 g/mol. The molecule has 0 aromatic heterocycles. The summed E-state index contributed by atoms with van der Waals surface area (Å²) < 4.78 is 0. The van der Waals surface area contributed by atoms with Gasteiger partial charge in [0.05, 0.1) is 22.4 Å². The van der Waals surface area contributed by atoms with E-state index in [-0.39, 0.29) is 17.4 Å². The fourth-order valence-electron chi connectivity index (χ4n) is 9.03. The normalized spacial score (nSPS) is 37.0. The van der Waals surface area contributed by atoms with Gasteiger partial charge in [-0.05, 0) is 126 Å². The van der Waals surface area contributed by atoms with E-state index < -0.39 is 5.60 Å². The Balaban J connectivity index is 1.44. The number of rotatable bonds is 1. The minimum Gasteiger partial charge on any atom is -0.384 e. The zero-order chi connectivity index (χ0) is 28.6. The second-order valence-electron chi connectivity index (χ2n) is 13.5. The third-order valence-corrected chi connectivity index (χ3v) is 10.9. The van der Waals surface area contributed by atoms with Gasteiger partial charge in [-0.2, -0.15) is 0 Å². The van der Waals surface area contributed by atoms with Crippen molar-refractivity contribution in [2.24, 2.45) is 16.3 Å². The van der Waals surface area contributed by atoms with Crippen LogP contribution in [-0.2, 0) is 0 Å². The lowest BCUT2D eigenvalue weighted by Crippen LogP contribution is -2.69. The molecule has 1 unspecified atom stereocenters. The van der Waals surface area contributed by atoms with Crippen LogP contribution in [0.5, 0.6) is 0 Å². The molecule has 6 nitrogen and oxygen atoms in total.